The number of rotatable bonds is 1. The van der Waals surface area contributed by atoms with Crippen LogP contribution in [0.15, 0.2) is 38.6 Å². The summed E-state index contributed by atoms with van der Waals surface area (Å²) in [5.41, 5.74) is 1.46. The van der Waals surface area contributed by atoms with Crippen molar-refractivity contribution in [3.63, 3.8) is 0 Å². The topological polar surface area (TPSA) is 43.4 Å². The van der Waals surface area contributed by atoms with Crippen LogP contribution in [0.4, 0.5) is 0 Å². The number of ether oxygens (including phenoxy) is 1. The van der Waals surface area contributed by atoms with E-state index in [1.807, 2.05) is 12.1 Å². The first-order valence-corrected chi connectivity index (χ1v) is 9.21. The summed E-state index contributed by atoms with van der Waals surface area (Å²) >= 11 is 5.09. The second-order valence-electron chi connectivity index (χ2n) is 5.90. The average molecular weight is 379 g/mol. The van der Waals surface area contributed by atoms with Crippen molar-refractivity contribution in [1.82, 2.24) is 0 Å². The minimum absolute atomic E-state index is 0.140. The Morgan fingerprint density at radius 1 is 0.955 bits per heavy atom. The van der Waals surface area contributed by atoms with Gasteiger partial charge in [-0.1, -0.05) is 0 Å². The highest BCUT2D eigenvalue weighted by Gasteiger charge is 2.42. The standard InChI is InChI=1S/C17H15BrO3S/c18-14-8-7-13(22-14)17-15-9(19)3-1-5-11(15)21-12-6-2-4-10(20)16(12)17/h7-8,17H,1-6H2. The Hall–Kier alpha value is -1.20. The van der Waals surface area contributed by atoms with Crippen molar-refractivity contribution in [3.05, 3.63) is 43.5 Å². The van der Waals surface area contributed by atoms with E-state index in [0.29, 0.717) is 12.8 Å². The van der Waals surface area contributed by atoms with E-state index in [-0.39, 0.29) is 17.5 Å². The molecule has 0 unspecified atom stereocenters. The van der Waals surface area contributed by atoms with Gasteiger partial charge in [0.05, 0.1) is 9.70 Å². The van der Waals surface area contributed by atoms with Crippen LogP contribution in [-0.4, -0.2) is 11.6 Å². The molecule has 0 bridgehead atoms. The SMILES string of the molecule is O=C1CCCC2=C1C(c1ccc(Br)s1)C1=C(CCCC1=O)O2. The second kappa shape index (κ2) is 5.46. The van der Waals surface area contributed by atoms with Crippen molar-refractivity contribution in [2.75, 3.05) is 0 Å². The Balaban J connectivity index is 1.91. The monoisotopic (exact) mass is 378 g/mol. The number of carbonyl (C=O) groups is 2. The van der Waals surface area contributed by atoms with Crippen LogP contribution in [0, 0.1) is 0 Å². The van der Waals surface area contributed by atoms with E-state index < -0.39 is 0 Å². The minimum Gasteiger partial charge on any atom is -0.465 e. The number of Topliss-reactive ketones (excluding diaryl/α,β-unsaturated/α-hetero) is 2. The maximum atomic E-state index is 12.5. The summed E-state index contributed by atoms with van der Waals surface area (Å²) in [7, 11) is 0. The van der Waals surface area contributed by atoms with E-state index in [1.54, 1.807) is 11.3 Å². The van der Waals surface area contributed by atoms with Crippen LogP contribution in [0.25, 0.3) is 0 Å². The van der Waals surface area contributed by atoms with E-state index in [4.69, 9.17) is 4.74 Å². The molecule has 0 aromatic carbocycles. The molecule has 0 radical (unpaired) electrons. The molecule has 0 fully saturated rings. The number of thiophene rings is 1. The number of halogens is 1. The van der Waals surface area contributed by atoms with Crippen molar-refractivity contribution in [1.29, 1.82) is 0 Å². The van der Waals surface area contributed by atoms with E-state index in [0.717, 1.165) is 57.0 Å². The first-order chi connectivity index (χ1) is 10.6. The lowest BCUT2D eigenvalue weighted by molar-refractivity contribution is -0.117. The quantitative estimate of drug-likeness (QED) is 0.714. The van der Waals surface area contributed by atoms with Gasteiger partial charge in [-0.3, -0.25) is 9.59 Å². The Kier molecular flexibility index (Phi) is 3.57. The maximum absolute atomic E-state index is 12.5. The lowest BCUT2D eigenvalue weighted by Crippen LogP contribution is -2.29. The van der Waals surface area contributed by atoms with Crippen LogP contribution in [-0.2, 0) is 14.3 Å². The fraction of sp³-hybridized carbons (Fsp3) is 0.412. The molecule has 1 aromatic rings. The number of allylic oxidation sites excluding steroid dienone is 4. The molecule has 0 amide bonds. The van der Waals surface area contributed by atoms with Gasteiger partial charge in [0.15, 0.2) is 11.6 Å². The molecule has 5 heteroatoms. The molecule has 22 heavy (non-hydrogen) atoms. The molecule has 114 valence electrons. The molecule has 0 saturated carbocycles. The highest BCUT2D eigenvalue weighted by atomic mass is 79.9. The van der Waals surface area contributed by atoms with Gasteiger partial charge in [0.25, 0.3) is 0 Å². The zero-order chi connectivity index (χ0) is 15.3. The van der Waals surface area contributed by atoms with Crippen LogP contribution in [0.3, 0.4) is 0 Å². The smallest absolute Gasteiger partial charge is 0.163 e. The fourth-order valence-corrected chi connectivity index (χ4v) is 5.13. The van der Waals surface area contributed by atoms with Crippen LogP contribution in [0.1, 0.15) is 49.3 Å². The summed E-state index contributed by atoms with van der Waals surface area (Å²) in [6.45, 7) is 0. The van der Waals surface area contributed by atoms with Gasteiger partial charge in [-0.15, -0.1) is 11.3 Å². The summed E-state index contributed by atoms with van der Waals surface area (Å²) in [6, 6.07) is 4.00. The Morgan fingerprint density at radius 2 is 1.55 bits per heavy atom. The molecule has 3 nitrogen and oxygen atoms in total. The van der Waals surface area contributed by atoms with Crippen LogP contribution in [0.5, 0.6) is 0 Å². The molecule has 2 aliphatic carbocycles. The fourth-order valence-electron chi connectivity index (χ4n) is 3.59. The summed E-state index contributed by atoms with van der Waals surface area (Å²) in [5, 5.41) is 0. The van der Waals surface area contributed by atoms with Crippen LogP contribution >= 0.6 is 27.3 Å². The molecule has 0 atom stereocenters. The van der Waals surface area contributed by atoms with Crippen molar-refractivity contribution in [3.8, 4) is 0 Å². The molecule has 1 aliphatic heterocycles. The normalized spacial score (nSPS) is 22.6. The third-order valence-electron chi connectivity index (χ3n) is 4.52. The summed E-state index contributed by atoms with van der Waals surface area (Å²) < 4.78 is 7.02. The Bertz CT molecular complexity index is 699. The van der Waals surface area contributed by atoms with Gasteiger partial charge in [-0.05, 0) is 40.9 Å². The molecule has 3 aliphatic rings. The zero-order valence-corrected chi connectivity index (χ0v) is 14.4. The van der Waals surface area contributed by atoms with Gasteiger partial charge >= 0.3 is 0 Å². The molecule has 4 rings (SSSR count). The molecular weight excluding hydrogens is 364 g/mol. The molecule has 2 heterocycles. The lowest BCUT2D eigenvalue weighted by Gasteiger charge is -2.35. The van der Waals surface area contributed by atoms with Gasteiger partial charge in [0.2, 0.25) is 0 Å². The maximum Gasteiger partial charge on any atom is 0.163 e. The summed E-state index contributed by atoms with van der Waals surface area (Å²) in [4.78, 5) is 26.1. The predicted molar refractivity (Wildman–Crippen MR) is 87.6 cm³/mol. The predicted octanol–water partition coefficient (Wildman–Crippen LogP) is 4.64. The van der Waals surface area contributed by atoms with Crippen molar-refractivity contribution in [2.45, 2.75) is 44.4 Å². The van der Waals surface area contributed by atoms with Gasteiger partial charge in [-0.25, -0.2) is 0 Å². The van der Waals surface area contributed by atoms with E-state index in [1.165, 1.54) is 0 Å². The Labute approximate surface area is 141 Å². The number of hydrogen-bond acceptors (Lipinski definition) is 4. The second-order valence-corrected chi connectivity index (χ2v) is 8.40. The van der Waals surface area contributed by atoms with E-state index in [2.05, 4.69) is 15.9 Å². The minimum atomic E-state index is -0.212. The summed E-state index contributed by atoms with van der Waals surface area (Å²) in [6.07, 6.45) is 4.40. The van der Waals surface area contributed by atoms with Gasteiger partial charge < -0.3 is 4.74 Å². The van der Waals surface area contributed by atoms with Gasteiger partial charge in [0, 0.05) is 41.7 Å². The highest BCUT2D eigenvalue weighted by Crippen LogP contribution is 2.49. The third kappa shape index (κ3) is 2.22. The van der Waals surface area contributed by atoms with Gasteiger partial charge in [0.1, 0.15) is 11.5 Å². The largest absolute Gasteiger partial charge is 0.465 e. The molecule has 1 aromatic heterocycles. The third-order valence-corrected chi connectivity index (χ3v) is 6.21. The average Bonchev–Trinajstić information content (AvgIpc) is 2.92. The summed E-state index contributed by atoms with van der Waals surface area (Å²) in [5.74, 6) is 1.68. The Morgan fingerprint density at radius 3 is 2.05 bits per heavy atom. The van der Waals surface area contributed by atoms with Gasteiger partial charge in [-0.2, -0.15) is 0 Å². The zero-order valence-electron chi connectivity index (χ0n) is 12.0. The van der Waals surface area contributed by atoms with Crippen molar-refractivity contribution in [2.24, 2.45) is 0 Å². The lowest BCUT2D eigenvalue weighted by atomic mass is 9.75. The number of carbonyl (C=O) groups excluding carboxylic acids is 2. The number of ketones is 2. The molecule has 0 saturated heterocycles. The van der Waals surface area contributed by atoms with Crippen molar-refractivity contribution < 1.29 is 14.3 Å². The molecule has 0 spiro atoms. The molecule has 0 N–H and O–H groups in total. The first-order valence-electron chi connectivity index (χ1n) is 7.60. The van der Waals surface area contributed by atoms with Crippen molar-refractivity contribution >= 4 is 38.8 Å². The van der Waals surface area contributed by atoms with E-state index >= 15 is 0 Å². The highest BCUT2D eigenvalue weighted by molar-refractivity contribution is 9.11. The number of hydrogen-bond donors (Lipinski definition) is 0. The van der Waals surface area contributed by atoms with Crippen LogP contribution in [0.2, 0.25) is 0 Å². The first kappa shape index (κ1) is 14.4. The molecular formula is C17H15BrO3S. The van der Waals surface area contributed by atoms with Crippen LogP contribution < -0.4 is 0 Å². The van der Waals surface area contributed by atoms with E-state index in [9.17, 15) is 9.59 Å².